The van der Waals surface area contributed by atoms with Gasteiger partial charge in [0.1, 0.15) is 11.2 Å². The molecule has 4 heteroatoms. The van der Waals surface area contributed by atoms with E-state index in [2.05, 4.69) is 175 Å². The van der Waals surface area contributed by atoms with Crippen LogP contribution in [0.4, 0.5) is 17.1 Å². The first-order chi connectivity index (χ1) is 26.7. The zero-order valence-corrected chi connectivity index (χ0v) is 29.3. The first-order valence-corrected chi connectivity index (χ1v) is 18.1. The lowest BCUT2D eigenvalue weighted by molar-refractivity contribution is 0.669. The van der Waals surface area contributed by atoms with Gasteiger partial charge in [-0.1, -0.05) is 133 Å². The highest BCUT2D eigenvalue weighted by atomic mass is 16.3. The summed E-state index contributed by atoms with van der Waals surface area (Å²) in [6, 6.07) is 69.7. The van der Waals surface area contributed by atoms with Gasteiger partial charge in [-0.05, 0) is 82.6 Å². The molecule has 0 fully saturated rings. The lowest BCUT2D eigenvalue weighted by Crippen LogP contribution is -2.09. The zero-order valence-electron chi connectivity index (χ0n) is 29.3. The second-order valence-corrected chi connectivity index (χ2v) is 13.5. The summed E-state index contributed by atoms with van der Waals surface area (Å²) in [5.74, 6) is 0.650. The third-order valence-corrected chi connectivity index (χ3v) is 10.1. The highest BCUT2D eigenvalue weighted by Gasteiger charge is 2.17. The van der Waals surface area contributed by atoms with Crippen molar-refractivity contribution < 1.29 is 4.42 Å². The molecular formula is C50H33N3O. The first-order valence-electron chi connectivity index (χ1n) is 18.1. The fourth-order valence-electron chi connectivity index (χ4n) is 7.33. The van der Waals surface area contributed by atoms with Gasteiger partial charge in [-0.15, -0.1) is 0 Å². The molecule has 54 heavy (non-hydrogen) atoms. The molecule has 0 saturated carbocycles. The summed E-state index contributed by atoms with van der Waals surface area (Å²) < 4.78 is 6.65. The van der Waals surface area contributed by atoms with Crippen LogP contribution < -0.4 is 4.90 Å². The number of hydrogen-bond acceptors (Lipinski definition) is 4. The summed E-state index contributed by atoms with van der Waals surface area (Å²) in [6.45, 7) is 0. The summed E-state index contributed by atoms with van der Waals surface area (Å²) in [5.41, 5.74) is 11.9. The molecule has 0 unspecified atom stereocenters. The van der Waals surface area contributed by atoms with Gasteiger partial charge in [-0.2, -0.15) is 0 Å². The Morgan fingerprint density at radius 2 is 0.852 bits per heavy atom. The predicted octanol–water partition coefficient (Wildman–Crippen LogP) is 13.7. The number of rotatable bonds is 7. The van der Waals surface area contributed by atoms with Crippen LogP contribution in [-0.2, 0) is 0 Å². The Morgan fingerprint density at radius 3 is 1.59 bits per heavy atom. The third kappa shape index (κ3) is 5.86. The molecule has 2 heterocycles. The van der Waals surface area contributed by atoms with E-state index in [1.165, 1.54) is 21.9 Å². The Kier molecular flexibility index (Phi) is 7.77. The van der Waals surface area contributed by atoms with Crippen molar-refractivity contribution in [3.05, 3.63) is 200 Å². The van der Waals surface area contributed by atoms with Gasteiger partial charge in [0.2, 0.25) is 0 Å². The lowest BCUT2D eigenvalue weighted by atomic mass is 10.0. The van der Waals surface area contributed by atoms with Gasteiger partial charge in [-0.3, -0.25) is 0 Å². The maximum atomic E-state index is 6.65. The van der Waals surface area contributed by atoms with E-state index < -0.39 is 0 Å². The van der Waals surface area contributed by atoms with Crippen molar-refractivity contribution in [3.8, 4) is 45.0 Å². The van der Waals surface area contributed by atoms with Crippen molar-refractivity contribution in [3.63, 3.8) is 0 Å². The number of hydrogen-bond donors (Lipinski definition) is 0. The molecule has 0 spiro atoms. The van der Waals surface area contributed by atoms with Crippen LogP contribution in [0.1, 0.15) is 0 Å². The highest BCUT2D eigenvalue weighted by molar-refractivity contribution is 6.07. The summed E-state index contributed by atoms with van der Waals surface area (Å²) in [7, 11) is 0. The number of benzene rings is 8. The average Bonchev–Trinajstić information content (AvgIpc) is 3.62. The van der Waals surface area contributed by atoms with Crippen LogP contribution in [0.25, 0.3) is 77.7 Å². The minimum Gasteiger partial charge on any atom is -0.456 e. The molecule has 0 atom stereocenters. The number of aromatic nitrogens is 2. The maximum absolute atomic E-state index is 6.65. The molecule has 8 aromatic carbocycles. The molecular weight excluding hydrogens is 659 g/mol. The quantitative estimate of drug-likeness (QED) is 0.167. The summed E-state index contributed by atoms with van der Waals surface area (Å²) in [6.07, 6.45) is 0. The van der Waals surface area contributed by atoms with E-state index in [4.69, 9.17) is 14.4 Å². The number of fused-ring (bicyclic) bond motifs is 4. The lowest BCUT2D eigenvalue weighted by Gasteiger charge is -2.25. The van der Waals surface area contributed by atoms with E-state index in [1.54, 1.807) is 0 Å². The average molecular weight is 692 g/mol. The van der Waals surface area contributed by atoms with E-state index in [1.807, 2.05) is 30.3 Å². The number of furan rings is 1. The topological polar surface area (TPSA) is 42.2 Å². The van der Waals surface area contributed by atoms with Crippen LogP contribution in [-0.4, -0.2) is 9.97 Å². The van der Waals surface area contributed by atoms with Crippen LogP contribution in [0.3, 0.4) is 0 Å². The predicted molar refractivity (Wildman–Crippen MR) is 223 cm³/mol. The monoisotopic (exact) mass is 691 g/mol. The Morgan fingerprint density at radius 1 is 0.333 bits per heavy atom. The molecule has 0 aliphatic heterocycles. The second-order valence-electron chi connectivity index (χ2n) is 13.5. The molecule has 0 radical (unpaired) electrons. The van der Waals surface area contributed by atoms with Gasteiger partial charge in [0.25, 0.3) is 0 Å². The minimum absolute atomic E-state index is 0.650. The van der Waals surface area contributed by atoms with Crippen LogP contribution in [0, 0.1) is 0 Å². The van der Waals surface area contributed by atoms with E-state index >= 15 is 0 Å². The van der Waals surface area contributed by atoms with E-state index in [0.717, 1.165) is 67.1 Å². The van der Waals surface area contributed by atoms with E-state index in [9.17, 15) is 0 Å². The fraction of sp³-hybridized carbons (Fsp3) is 0. The van der Waals surface area contributed by atoms with Gasteiger partial charge in [0.15, 0.2) is 5.82 Å². The molecule has 0 aliphatic rings. The molecule has 0 bridgehead atoms. The molecule has 0 saturated heterocycles. The number of para-hydroxylation sites is 1. The van der Waals surface area contributed by atoms with Crippen LogP contribution in [0.15, 0.2) is 205 Å². The normalized spacial score (nSPS) is 11.3. The van der Waals surface area contributed by atoms with Gasteiger partial charge in [0.05, 0.1) is 11.4 Å². The number of anilines is 3. The molecule has 254 valence electrons. The standard InChI is InChI=1S/C50H33N3O/c1-4-12-34(13-5-1)36-22-25-42(26-23-36)53(41-18-8-3-9-19-41)43-27-29-45-44-28-24-40(31-48(44)54-49(45)32-43)50-51-46(37-15-6-2-7-16-37)33-47(52-50)39-21-20-35-14-10-11-17-38(35)30-39/h1-33H. The highest BCUT2D eigenvalue weighted by Crippen LogP contribution is 2.40. The maximum Gasteiger partial charge on any atom is 0.160 e. The largest absolute Gasteiger partial charge is 0.456 e. The van der Waals surface area contributed by atoms with Gasteiger partial charge in [0, 0.05) is 50.6 Å². The van der Waals surface area contributed by atoms with Crippen molar-refractivity contribution >= 4 is 49.8 Å². The Hall–Kier alpha value is -7.30. The Balaban J connectivity index is 1.06. The molecule has 10 aromatic rings. The zero-order chi connectivity index (χ0) is 35.8. The molecule has 4 nitrogen and oxygen atoms in total. The number of nitrogens with zero attached hydrogens (tertiary/aromatic N) is 3. The first kappa shape index (κ1) is 31.4. The van der Waals surface area contributed by atoms with Crippen LogP contribution >= 0.6 is 0 Å². The van der Waals surface area contributed by atoms with Gasteiger partial charge in [-0.25, -0.2) is 9.97 Å². The van der Waals surface area contributed by atoms with Crippen LogP contribution in [0.2, 0.25) is 0 Å². The molecule has 10 rings (SSSR count). The molecule has 0 amide bonds. The summed E-state index contributed by atoms with van der Waals surface area (Å²) in [5, 5.41) is 4.48. The molecule has 0 N–H and O–H groups in total. The summed E-state index contributed by atoms with van der Waals surface area (Å²) >= 11 is 0. The van der Waals surface area contributed by atoms with Crippen LogP contribution in [0.5, 0.6) is 0 Å². The second kappa shape index (κ2) is 13.4. The minimum atomic E-state index is 0.650. The van der Waals surface area contributed by atoms with Gasteiger partial charge >= 0.3 is 0 Å². The van der Waals surface area contributed by atoms with Crippen molar-refractivity contribution in [2.45, 2.75) is 0 Å². The molecule has 0 aliphatic carbocycles. The Labute approximate surface area is 313 Å². The SMILES string of the molecule is c1ccc(-c2ccc(N(c3ccccc3)c3ccc4c(c3)oc3cc(-c5nc(-c6ccccc6)cc(-c6ccc7ccccc7c6)n5)ccc34)cc2)cc1. The third-order valence-electron chi connectivity index (χ3n) is 10.1. The van der Waals surface area contributed by atoms with Crippen molar-refractivity contribution in [1.82, 2.24) is 9.97 Å². The summed E-state index contributed by atoms with van der Waals surface area (Å²) in [4.78, 5) is 12.5. The van der Waals surface area contributed by atoms with Crippen molar-refractivity contribution in [2.24, 2.45) is 0 Å². The Bertz CT molecular complexity index is 2920. The van der Waals surface area contributed by atoms with E-state index in [0.29, 0.717) is 5.82 Å². The van der Waals surface area contributed by atoms with Gasteiger partial charge < -0.3 is 9.32 Å². The molecule has 2 aromatic heterocycles. The fourth-order valence-corrected chi connectivity index (χ4v) is 7.33. The van der Waals surface area contributed by atoms with E-state index in [-0.39, 0.29) is 0 Å². The van der Waals surface area contributed by atoms with Crippen molar-refractivity contribution in [1.29, 1.82) is 0 Å². The van der Waals surface area contributed by atoms with Crippen molar-refractivity contribution in [2.75, 3.05) is 4.90 Å². The smallest absolute Gasteiger partial charge is 0.160 e.